The smallest absolute Gasteiger partial charge is 0.357 e. The molecule has 0 radical (unpaired) electrons. The van der Waals surface area contributed by atoms with E-state index in [2.05, 4.69) is 236 Å². The second-order valence-corrected chi connectivity index (χ2v) is 16.9. The van der Waals surface area contributed by atoms with Crippen LogP contribution in [0.1, 0.15) is 40.2 Å². The Morgan fingerprint density at radius 3 is 1.92 bits per heavy atom. The molecule has 0 N–H and O–H groups in total. The molecule has 3 heterocycles. The number of rotatable bonds is 8. The SMILES string of the molecule is CC(C)N1CN(c2[c-]c(N(c3[c-]c4c(cc3)c3ccccc3n4-c3cc(C(C)(C)C)ccn3)c3c(-c4ccccc4)cccc3-c3ccccc3)ccc2)c2ccccc21.[Pt+2]. The molecule has 0 amide bonds. The summed E-state index contributed by atoms with van der Waals surface area (Å²) in [4.78, 5) is 12.2. The van der Waals surface area contributed by atoms with Crippen LogP contribution in [0.5, 0.6) is 0 Å². The number of fused-ring (bicyclic) bond motifs is 4. The molecule has 7 aromatic carbocycles. The first-order valence-electron chi connectivity index (χ1n) is 20.9. The van der Waals surface area contributed by atoms with Crippen LogP contribution in [-0.2, 0) is 26.5 Å². The zero-order chi connectivity index (χ0) is 41.0. The molecule has 302 valence electrons. The quantitative estimate of drug-likeness (QED) is 0.142. The van der Waals surface area contributed by atoms with Gasteiger partial charge < -0.3 is 19.3 Å². The molecule has 0 unspecified atom stereocenters. The van der Waals surface area contributed by atoms with E-state index in [0.29, 0.717) is 6.04 Å². The molecule has 0 aliphatic carbocycles. The third kappa shape index (κ3) is 7.21. The van der Waals surface area contributed by atoms with Crippen molar-refractivity contribution in [1.29, 1.82) is 0 Å². The van der Waals surface area contributed by atoms with Crippen LogP contribution in [0.3, 0.4) is 0 Å². The maximum atomic E-state index is 5.00. The predicted octanol–water partition coefficient (Wildman–Crippen LogP) is 14.2. The third-order valence-corrected chi connectivity index (χ3v) is 11.8. The van der Waals surface area contributed by atoms with Gasteiger partial charge in [0.25, 0.3) is 0 Å². The molecule has 0 saturated carbocycles. The molecule has 0 spiro atoms. The van der Waals surface area contributed by atoms with Crippen molar-refractivity contribution in [2.24, 2.45) is 0 Å². The molecule has 2 aromatic heterocycles. The molecule has 0 saturated heterocycles. The fourth-order valence-corrected chi connectivity index (χ4v) is 8.73. The van der Waals surface area contributed by atoms with Gasteiger partial charge in [-0.2, -0.15) is 12.1 Å². The van der Waals surface area contributed by atoms with Gasteiger partial charge in [-0.25, -0.2) is 4.98 Å². The summed E-state index contributed by atoms with van der Waals surface area (Å²) in [6.07, 6.45) is 1.94. The zero-order valence-corrected chi connectivity index (χ0v) is 37.4. The molecule has 9 aromatic rings. The fraction of sp³-hybridized carbons (Fsp3) is 0.145. The standard InChI is InChI=1S/C55H47N5.Pt/c1-38(2)57-37-58(51-29-15-14-28-50(51)57)42-22-16-23-43(35-42)59(54-45(39-18-8-6-9-19-39)25-17-26-46(54)40-20-10-7-11-21-40)44-30-31-48-47-24-12-13-27-49(47)60(52(48)36-44)53-34-41(32-33-56-53)55(3,4)5;/h6-34,38H,37H2,1-5H3;/q-2;+2. The van der Waals surface area contributed by atoms with E-state index in [0.717, 1.165) is 79.3 Å². The number of pyridine rings is 1. The van der Waals surface area contributed by atoms with Gasteiger partial charge >= 0.3 is 21.1 Å². The van der Waals surface area contributed by atoms with Crippen LogP contribution in [0.4, 0.5) is 34.1 Å². The summed E-state index contributed by atoms with van der Waals surface area (Å²) in [7, 11) is 0. The van der Waals surface area contributed by atoms with Crippen LogP contribution >= 0.6 is 0 Å². The second kappa shape index (κ2) is 16.2. The van der Waals surface area contributed by atoms with E-state index in [9.17, 15) is 0 Å². The monoisotopic (exact) mass is 972 g/mol. The first kappa shape index (κ1) is 40.0. The minimum Gasteiger partial charge on any atom is -0.357 e. The molecule has 0 bridgehead atoms. The summed E-state index contributed by atoms with van der Waals surface area (Å²) < 4.78 is 2.28. The van der Waals surface area contributed by atoms with Crippen LogP contribution in [0.15, 0.2) is 176 Å². The third-order valence-electron chi connectivity index (χ3n) is 11.8. The summed E-state index contributed by atoms with van der Waals surface area (Å²) >= 11 is 0. The minimum absolute atomic E-state index is 0. The molecule has 5 nitrogen and oxygen atoms in total. The molecule has 6 heteroatoms. The Morgan fingerprint density at radius 2 is 1.23 bits per heavy atom. The number of hydrogen-bond acceptors (Lipinski definition) is 4. The predicted molar refractivity (Wildman–Crippen MR) is 252 cm³/mol. The molecule has 0 atom stereocenters. The van der Waals surface area contributed by atoms with Crippen LogP contribution in [-0.4, -0.2) is 22.3 Å². The van der Waals surface area contributed by atoms with Gasteiger partial charge in [-0.15, -0.1) is 35.7 Å². The Balaban J connectivity index is 0.00000476. The van der Waals surface area contributed by atoms with Crippen molar-refractivity contribution in [3.63, 3.8) is 0 Å². The molecule has 1 aliphatic rings. The Bertz CT molecular complexity index is 2940. The van der Waals surface area contributed by atoms with E-state index in [-0.39, 0.29) is 26.5 Å². The van der Waals surface area contributed by atoms with E-state index in [4.69, 9.17) is 4.98 Å². The number of hydrogen-bond donors (Lipinski definition) is 0. The summed E-state index contributed by atoms with van der Waals surface area (Å²) in [5, 5.41) is 2.28. The van der Waals surface area contributed by atoms with Crippen molar-refractivity contribution in [1.82, 2.24) is 9.55 Å². The molecular formula is C55H47N5Pt. The van der Waals surface area contributed by atoms with Crippen LogP contribution in [0, 0.1) is 12.1 Å². The second-order valence-electron chi connectivity index (χ2n) is 16.9. The van der Waals surface area contributed by atoms with Crippen molar-refractivity contribution in [2.45, 2.75) is 46.1 Å². The number of aromatic nitrogens is 2. The van der Waals surface area contributed by atoms with Crippen molar-refractivity contribution >= 4 is 55.9 Å². The number of benzene rings is 7. The average molecular weight is 973 g/mol. The Kier molecular flexibility index (Phi) is 10.6. The molecule has 0 fully saturated rings. The molecule has 1 aliphatic heterocycles. The van der Waals surface area contributed by atoms with Gasteiger partial charge in [0.1, 0.15) is 5.82 Å². The van der Waals surface area contributed by atoms with Crippen molar-refractivity contribution in [2.75, 3.05) is 21.4 Å². The fourth-order valence-electron chi connectivity index (χ4n) is 8.73. The van der Waals surface area contributed by atoms with Crippen molar-refractivity contribution < 1.29 is 21.1 Å². The van der Waals surface area contributed by atoms with Crippen molar-refractivity contribution in [3.05, 3.63) is 194 Å². The first-order chi connectivity index (χ1) is 29.2. The summed E-state index contributed by atoms with van der Waals surface area (Å²) in [5.74, 6) is 0.874. The van der Waals surface area contributed by atoms with E-state index in [1.54, 1.807) is 0 Å². The van der Waals surface area contributed by atoms with Crippen LogP contribution in [0.25, 0.3) is 49.9 Å². The summed E-state index contributed by atoms with van der Waals surface area (Å²) in [6, 6.07) is 69.1. The van der Waals surface area contributed by atoms with Crippen LogP contribution < -0.4 is 14.7 Å². The zero-order valence-electron chi connectivity index (χ0n) is 35.1. The van der Waals surface area contributed by atoms with Gasteiger partial charge in [-0.1, -0.05) is 153 Å². The van der Waals surface area contributed by atoms with Gasteiger partial charge in [-0.3, -0.25) is 0 Å². The Labute approximate surface area is 373 Å². The van der Waals surface area contributed by atoms with Gasteiger partial charge in [-0.05, 0) is 71.7 Å². The molecule has 61 heavy (non-hydrogen) atoms. The van der Waals surface area contributed by atoms with E-state index in [1.165, 1.54) is 16.9 Å². The summed E-state index contributed by atoms with van der Waals surface area (Å²) in [5.41, 5.74) is 14.0. The topological polar surface area (TPSA) is 27.5 Å². The van der Waals surface area contributed by atoms with E-state index in [1.807, 2.05) is 6.20 Å². The minimum atomic E-state index is -0.0416. The molecular weight excluding hydrogens is 926 g/mol. The van der Waals surface area contributed by atoms with Gasteiger partial charge in [0.15, 0.2) is 0 Å². The Hall–Kier alpha value is -6.42. The largest absolute Gasteiger partial charge is 2.00 e. The maximum Gasteiger partial charge on any atom is 2.00 e. The van der Waals surface area contributed by atoms with Gasteiger partial charge in [0.05, 0.1) is 23.7 Å². The Morgan fingerprint density at radius 1 is 0.607 bits per heavy atom. The number of nitrogens with zero attached hydrogens (tertiary/aromatic N) is 5. The normalized spacial score (nSPS) is 12.6. The number of para-hydroxylation sites is 4. The maximum absolute atomic E-state index is 5.00. The van der Waals surface area contributed by atoms with Crippen molar-refractivity contribution in [3.8, 4) is 28.1 Å². The van der Waals surface area contributed by atoms with Gasteiger partial charge in [0.2, 0.25) is 0 Å². The van der Waals surface area contributed by atoms with Crippen LogP contribution in [0.2, 0.25) is 0 Å². The average Bonchev–Trinajstić information content (AvgIpc) is 3.84. The van der Waals surface area contributed by atoms with E-state index >= 15 is 0 Å². The first-order valence-corrected chi connectivity index (χ1v) is 20.9. The molecule has 10 rings (SSSR count). The summed E-state index contributed by atoms with van der Waals surface area (Å²) in [6.45, 7) is 12.0. The van der Waals surface area contributed by atoms with Gasteiger partial charge in [0, 0.05) is 28.9 Å². The van der Waals surface area contributed by atoms with E-state index < -0.39 is 0 Å². The number of anilines is 6.